The number of amides is 1. The monoisotopic (exact) mass is 253 g/mol. The summed E-state index contributed by atoms with van der Waals surface area (Å²) < 4.78 is 0. The summed E-state index contributed by atoms with van der Waals surface area (Å²) >= 11 is 4.77. The molecule has 1 heterocycles. The molecule has 0 bridgehead atoms. The van der Waals surface area contributed by atoms with Gasteiger partial charge in [0.25, 0.3) is 5.91 Å². The van der Waals surface area contributed by atoms with Gasteiger partial charge in [0.15, 0.2) is 0 Å². The molecule has 0 aliphatic heterocycles. The lowest BCUT2D eigenvalue weighted by molar-refractivity contribution is 0.0768. The SMILES string of the molecule is CCN(CCC(N)=S)C(=O)c1ccc(=O)[nH]c1. The topological polar surface area (TPSA) is 79.2 Å². The van der Waals surface area contributed by atoms with Crippen LogP contribution in [-0.4, -0.2) is 33.9 Å². The number of carbonyl (C=O) groups is 1. The van der Waals surface area contributed by atoms with E-state index in [9.17, 15) is 9.59 Å². The van der Waals surface area contributed by atoms with Crippen LogP contribution in [-0.2, 0) is 0 Å². The van der Waals surface area contributed by atoms with E-state index in [0.29, 0.717) is 30.1 Å². The number of thiocarbonyl (C=S) groups is 1. The summed E-state index contributed by atoms with van der Waals surface area (Å²) in [6.07, 6.45) is 1.91. The highest BCUT2D eigenvalue weighted by Gasteiger charge is 2.13. The number of nitrogens with one attached hydrogen (secondary N) is 1. The van der Waals surface area contributed by atoms with Gasteiger partial charge in [-0.3, -0.25) is 9.59 Å². The Morgan fingerprint density at radius 3 is 2.71 bits per heavy atom. The summed E-state index contributed by atoms with van der Waals surface area (Å²) in [7, 11) is 0. The van der Waals surface area contributed by atoms with Gasteiger partial charge < -0.3 is 15.6 Å². The standard InChI is InChI=1S/C11H15N3O2S/c1-2-14(6-5-9(12)17)11(16)8-3-4-10(15)13-7-8/h3-4,7H,2,5-6H2,1H3,(H2,12,17)(H,13,15). The molecule has 1 aromatic heterocycles. The van der Waals surface area contributed by atoms with Crippen LogP contribution < -0.4 is 11.3 Å². The lowest BCUT2D eigenvalue weighted by Gasteiger charge is -2.20. The lowest BCUT2D eigenvalue weighted by Crippen LogP contribution is -2.33. The third-order valence-corrected chi connectivity index (χ3v) is 2.53. The highest BCUT2D eigenvalue weighted by Crippen LogP contribution is 2.02. The van der Waals surface area contributed by atoms with Crippen molar-refractivity contribution in [3.8, 4) is 0 Å². The molecule has 6 heteroatoms. The summed E-state index contributed by atoms with van der Waals surface area (Å²) in [4.78, 5) is 27.4. The maximum Gasteiger partial charge on any atom is 0.255 e. The molecule has 0 saturated carbocycles. The van der Waals surface area contributed by atoms with Gasteiger partial charge in [0, 0.05) is 31.8 Å². The Hall–Kier alpha value is -1.69. The van der Waals surface area contributed by atoms with Gasteiger partial charge in [-0.15, -0.1) is 0 Å². The van der Waals surface area contributed by atoms with E-state index in [-0.39, 0.29) is 11.5 Å². The Labute approximate surface area is 105 Å². The molecule has 0 spiro atoms. The van der Waals surface area contributed by atoms with Gasteiger partial charge in [0.2, 0.25) is 5.56 Å². The number of nitrogens with two attached hydrogens (primary N) is 1. The van der Waals surface area contributed by atoms with Gasteiger partial charge in [0.1, 0.15) is 0 Å². The van der Waals surface area contributed by atoms with E-state index in [2.05, 4.69) is 4.98 Å². The highest BCUT2D eigenvalue weighted by molar-refractivity contribution is 7.80. The molecule has 17 heavy (non-hydrogen) atoms. The normalized spacial score (nSPS) is 9.94. The van der Waals surface area contributed by atoms with Crippen molar-refractivity contribution in [3.63, 3.8) is 0 Å². The molecule has 5 nitrogen and oxygen atoms in total. The van der Waals surface area contributed by atoms with Crippen molar-refractivity contribution in [3.05, 3.63) is 34.2 Å². The maximum atomic E-state index is 12.0. The van der Waals surface area contributed by atoms with Crippen LogP contribution in [0.25, 0.3) is 0 Å². The van der Waals surface area contributed by atoms with E-state index in [1.807, 2.05) is 6.92 Å². The molecular formula is C11H15N3O2S. The van der Waals surface area contributed by atoms with Gasteiger partial charge in [-0.25, -0.2) is 0 Å². The van der Waals surface area contributed by atoms with E-state index in [1.54, 1.807) is 4.90 Å². The smallest absolute Gasteiger partial charge is 0.255 e. The Morgan fingerprint density at radius 1 is 1.53 bits per heavy atom. The van der Waals surface area contributed by atoms with Gasteiger partial charge >= 0.3 is 0 Å². The number of hydrogen-bond donors (Lipinski definition) is 2. The molecular weight excluding hydrogens is 238 g/mol. The number of hydrogen-bond acceptors (Lipinski definition) is 3. The second-order valence-corrected chi connectivity index (χ2v) is 4.07. The zero-order valence-electron chi connectivity index (χ0n) is 9.60. The van der Waals surface area contributed by atoms with Crippen LogP contribution in [0.2, 0.25) is 0 Å². The average molecular weight is 253 g/mol. The van der Waals surface area contributed by atoms with Crippen molar-refractivity contribution in [2.24, 2.45) is 5.73 Å². The fourth-order valence-electron chi connectivity index (χ4n) is 1.37. The first-order valence-corrected chi connectivity index (χ1v) is 5.71. The lowest BCUT2D eigenvalue weighted by atomic mass is 10.2. The first-order valence-electron chi connectivity index (χ1n) is 5.31. The third kappa shape index (κ3) is 3.99. The van der Waals surface area contributed by atoms with Crippen molar-refractivity contribution >= 4 is 23.1 Å². The Morgan fingerprint density at radius 2 is 2.24 bits per heavy atom. The number of aromatic amines is 1. The summed E-state index contributed by atoms with van der Waals surface area (Å²) in [6.45, 7) is 2.94. The first kappa shape index (κ1) is 13.4. The molecule has 1 aromatic rings. The molecule has 1 rings (SSSR count). The van der Waals surface area contributed by atoms with Crippen LogP contribution in [0.4, 0.5) is 0 Å². The molecule has 1 amide bonds. The summed E-state index contributed by atoms with van der Waals surface area (Å²) in [5, 5.41) is 0. The molecule has 0 aromatic carbocycles. The molecule has 0 atom stereocenters. The fraction of sp³-hybridized carbons (Fsp3) is 0.364. The predicted molar refractivity (Wildman–Crippen MR) is 70.0 cm³/mol. The predicted octanol–water partition coefficient (Wildman–Crippen LogP) is 0.513. The molecule has 3 N–H and O–H groups in total. The van der Waals surface area contributed by atoms with E-state index in [0.717, 1.165) is 0 Å². The molecule has 0 aliphatic rings. The minimum Gasteiger partial charge on any atom is -0.393 e. The number of H-pyrrole nitrogens is 1. The quantitative estimate of drug-likeness (QED) is 0.750. The molecule has 0 saturated heterocycles. The number of carbonyl (C=O) groups excluding carboxylic acids is 1. The van der Waals surface area contributed by atoms with Crippen molar-refractivity contribution < 1.29 is 4.79 Å². The van der Waals surface area contributed by atoms with Crippen LogP contribution in [0, 0.1) is 0 Å². The van der Waals surface area contributed by atoms with E-state index < -0.39 is 0 Å². The van der Waals surface area contributed by atoms with Gasteiger partial charge in [-0.1, -0.05) is 12.2 Å². The molecule has 0 unspecified atom stereocenters. The zero-order chi connectivity index (χ0) is 12.8. The van der Waals surface area contributed by atoms with E-state index in [4.69, 9.17) is 18.0 Å². The van der Waals surface area contributed by atoms with E-state index >= 15 is 0 Å². The molecule has 0 radical (unpaired) electrons. The Balaban J connectivity index is 2.75. The Bertz CT molecular complexity index is 450. The number of aromatic nitrogens is 1. The van der Waals surface area contributed by atoms with Crippen LogP contribution in [0.3, 0.4) is 0 Å². The average Bonchev–Trinajstić information content (AvgIpc) is 2.30. The highest BCUT2D eigenvalue weighted by atomic mass is 32.1. The van der Waals surface area contributed by atoms with Crippen molar-refractivity contribution in [2.45, 2.75) is 13.3 Å². The second-order valence-electron chi connectivity index (χ2n) is 3.54. The van der Waals surface area contributed by atoms with E-state index in [1.165, 1.54) is 18.3 Å². The molecule has 0 fully saturated rings. The van der Waals surface area contributed by atoms with Crippen molar-refractivity contribution in [1.82, 2.24) is 9.88 Å². The summed E-state index contributed by atoms with van der Waals surface area (Å²) in [5.74, 6) is -0.139. The first-order chi connectivity index (χ1) is 8.04. The largest absolute Gasteiger partial charge is 0.393 e. The van der Waals surface area contributed by atoms with Gasteiger partial charge in [-0.2, -0.15) is 0 Å². The van der Waals surface area contributed by atoms with Crippen LogP contribution >= 0.6 is 12.2 Å². The second kappa shape index (κ2) is 6.15. The van der Waals surface area contributed by atoms with Crippen molar-refractivity contribution in [2.75, 3.05) is 13.1 Å². The maximum absolute atomic E-state index is 12.0. The summed E-state index contributed by atoms with van der Waals surface area (Å²) in [5.41, 5.74) is 5.62. The van der Waals surface area contributed by atoms with Crippen LogP contribution in [0.1, 0.15) is 23.7 Å². The number of nitrogens with zero attached hydrogens (tertiary/aromatic N) is 1. The van der Waals surface area contributed by atoms with Gasteiger partial charge in [-0.05, 0) is 13.0 Å². The zero-order valence-corrected chi connectivity index (χ0v) is 10.4. The summed E-state index contributed by atoms with van der Waals surface area (Å²) in [6, 6.07) is 2.83. The fourth-order valence-corrected chi connectivity index (χ4v) is 1.47. The third-order valence-electron chi connectivity index (χ3n) is 2.33. The molecule has 92 valence electrons. The number of pyridine rings is 1. The Kier molecular flexibility index (Phi) is 4.84. The number of rotatable bonds is 5. The van der Waals surface area contributed by atoms with Crippen molar-refractivity contribution in [1.29, 1.82) is 0 Å². The molecule has 0 aliphatic carbocycles. The minimum atomic E-state index is -0.229. The van der Waals surface area contributed by atoms with Crippen LogP contribution in [0.15, 0.2) is 23.1 Å². The van der Waals surface area contributed by atoms with Crippen LogP contribution in [0.5, 0.6) is 0 Å². The van der Waals surface area contributed by atoms with Gasteiger partial charge in [0.05, 0.1) is 10.6 Å². The minimum absolute atomic E-state index is 0.139.